The van der Waals surface area contributed by atoms with Gasteiger partial charge >= 0.3 is 0 Å². The fourth-order valence-corrected chi connectivity index (χ4v) is 3.24. The van der Waals surface area contributed by atoms with E-state index in [2.05, 4.69) is 24.5 Å². The van der Waals surface area contributed by atoms with E-state index in [1.165, 1.54) is 6.08 Å². The quantitative estimate of drug-likeness (QED) is 0.445. The van der Waals surface area contributed by atoms with E-state index in [1.54, 1.807) is 37.5 Å². The molecule has 0 aliphatic heterocycles. The summed E-state index contributed by atoms with van der Waals surface area (Å²) in [5.41, 5.74) is 2.11. The summed E-state index contributed by atoms with van der Waals surface area (Å²) in [7, 11) is 1.58. The molecule has 0 bridgehead atoms. The number of hydrogen-bond acceptors (Lipinski definition) is 4. The molecule has 0 aromatic heterocycles. The molecule has 0 fully saturated rings. The Hall–Kier alpha value is -3.19. The molecule has 6 nitrogen and oxygen atoms in total. The smallest absolute Gasteiger partial charge is 0.253 e. The molecule has 0 aliphatic rings. The Labute approximate surface area is 189 Å². The number of hydrogen-bond donors (Lipinski definition) is 2. The second kappa shape index (κ2) is 12.5. The number of thiocarbonyl (C=S) groups is 1. The van der Waals surface area contributed by atoms with E-state index in [0.717, 1.165) is 31.5 Å². The van der Waals surface area contributed by atoms with Gasteiger partial charge in [0.15, 0.2) is 5.11 Å². The first kappa shape index (κ1) is 24.1. The predicted octanol–water partition coefficient (Wildman–Crippen LogP) is 4.48. The van der Waals surface area contributed by atoms with Crippen LogP contribution in [0.5, 0.6) is 5.75 Å². The summed E-state index contributed by atoms with van der Waals surface area (Å²) in [6.07, 6.45) is 4.90. The highest BCUT2D eigenvalue weighted by atomic mass is 32.1. The van der Waals surface area contributed by atoms with E-state index in [0.29, 0.717) is 17.0 Å². The summed E-state index contributed by atoms with van der Waals surface area (Å²) in [4.78, 5) is 26.6. The van der Waals surface area contributed by atoms with Crippen molar-refractivity contribution in [3.8, 4) is 5.75 Å². The maximum absolute atomic E-state index is 12.6. The van der Waals surface area contributed by atoms with Gasteiger partial charge in [-0.15, -0.1) is 0 Å². The second-order valence-electron chi connectivity index (χ2n) is 6.89. The van der Waals surface area contributed by atoms with Gasteiger partial charge in [-0.2, -0.15) is 0 Å². The van der Waals surface area contributed by atoms with E-state index in [4.69, 9.17) is 17.0 Å². The number of anilines is 1. The lowest BCUT2D eigenvalue weighted by molar-refractivity contribution is -0.115. The largest absolute Gasteiger partial charge is 0.496 e. The fraction of sp³-hybridized carbons (Fsp3) is 0.292. The predicted molar refractivity (Wildman–Crippen MR) is 129 cm³/mol. The third-order valence-corrected chi connectivity index (χ3v) is 4.66. The van der Waals surface area contributed by atoms with Crippen LogP contribution in [-0.4, -0.2) is 42.0 Å². The summed E-state index contributed by atoms with van der Waals surface area (Å²) in [5.74, 6) is 0.343. The van der Waals surface area contributed by atoms with Gasteiger partial charge in [-0.1, -0.05) is 32.0 Å². The second-order valence-corrected chi connectivity index (χ2v) is 7.30. The Bertz CT molecular complexity index is 920. The molecule has 0 radical (unpaired) electrons. The van der Waals surface area contributed by atoms with Crippen molar-refractivity contribution >= 4 is 40.9 Å². The molecule has 2 aromatic carbocycles. The van der Waals surface area contributed by atoms with Crippen LogP contribution in [0.1, 0.15) is 42.6 Å². The van der Waals surface area contributed by atoms with Gasteiger partial charge in [0.25, 0.3) is 5.91 Å². The molecular weight excluding hydrogens is 410 g/mol. The van der Waals surface area contributed by atoms with Crippen LogP contribution in [0.3, 0.4) is 0 Å². The van der Waals surface area contributed by atoms with Crippen LogP contribution < -0.4 is 15.4 Å². The van der Waals surface area contributed by atoms with Crippen molar-refractivity contribution in [3.63, 3.8) is 0 Å². The van der Waals surface area contributed by atoms with Crippen LogP contribution >= 0.6 is 12.2 Å². The highest BCUT2D eigenvalue weighted by Gasteiger charge is 2.14. The first-order valence-corrected chi connectivity index (χ1v) is 10.7. The molecule has 2 rings (SSSR count). The minimum atomic E-state index is -0.357. The minimum Gasteiger partial charge on any atom is -0.496 e. The average molecular weight is 440 g/mol. The molecular formula is C24H29N3O3S. The summed E-state index contributed by atoms with van der Waals surface area (Å²) in [6.45, 7) is 5.60. The normalized spacial score (nSPS) is 10.5. The van der Waals surface area contributed by atoms with Crippen molar-refractivity contribution < 1.29 is 14.3 Å². The van der Waals surface area contributed by atoms with Gasteiger partial charge in [0.1, 0.15) is 5.75 Å². The number of rotatable bonds is 9. The zero-order valence-electron chi connectivity index (χ0n) is 18.2. The number of nitrogens with zero attached hydrogens (tertiary/aromatic N) is 1. The molecule has 0 atom stereocenters. The van der Waals surface area contributed by atoms with E-state index in [1.807, 2.05) is 29.2 Å². The Kier molecular flexibility index (Phi) is 9.71. The SMILES string of the molecule is CCCN(CCC)C(=O)c1ccc(NC(=S)NC(=O)/C=C/c2ccccc2OC)cc1. The summed E-state index contributed by atoms with van der Waals surface area (Å²) >= 11 is 5.21. The zero-order chi connectivity index (χ0) is 22.6. The number of para-hydroxylation sites is 1. The zero-order valence-corrected chi connectivity index (χ0v) is 19.0. The number of methoxy groups -OCH3 is 1. The van der Waals surface area contributed by atoms with E-state index < -0.39 is 0 Å². The van der Waals surface area contributed by atoms with Crippen molar-refractivity contribution in [1.29, 1.82) is 0 Å². The number of benzene rings is 2. The van der Waals surface area contributed by atoms with Crippen molar-refractivity contribution in [2.75, 3.05) is 25.5 Å². The Balaban J connectivity index is 1.92. The number of carbonyl (C=O) groups is 2. The third kappa shape index (κ3) is 7.53. The lowest BCUT2D eigenvalue weighted by atomic mass is 10.1. The van der Waals surface area contributed by atoms with Gasteiger partial charge in [0.05, 0.1) is 7.11 Å². The van der Waals surface area contributed by atoms with E-state index in [-0.39, 0.29) is 16.9 Å². The van der Waals surface area contributed by atoms with Crippen LogP contribution in [-0.2, 0) is 4.79 Å². The fourth-order valence-electron chi connectivity index (χ4n) is 3.02. The minimum absolute atomic E-state index is 0.0209. The number of ether oxygens (including phenoxy) is 1. The van der Waals surface area contributed by atoms with Gasteiger partial charge in [-0.3, -0.25) is 14.9 Å². The molecule has 0 saturated carbocycles. The molecule has 31 heavy (non-hydrogen) atoms. The number of carbonyl (C=O) groups excluding carboxylic acids is 2. The van der Waals surface area contributed by atoms with Gasteiger partial charge in [0.2, 0.25) is 5.91 Å². The summed E-state index contributed by atoms with van der Waals surface area (Å²) < 4.78 is 5.26. The first-order valence-electron chi connectivity index (χ1n) is 10.3. The van der Waals surface area contributed by atoms with Crippen LogP contribution in [0, 0.1) is 0 Å². The lowest BCUT2D eigenvalue weighted by Gasteiger charge is -2.21. The maximum Gasteiger partial charge on any atom is 0.253 e. The maximum atomic E-state index is 12.6. The lowest BCUT2D eigenvalue weighted by Crippen LogP contribution is -2.33. The average Bonchev–Trinajstić information content (AvgIpc) is 2.77. The van der Waals surface area contributed by atoms with Crippen LogP contribution in [0.4, 0.5) is 5.69 Å². The van der Waals surface area contributed by atoms with Crippen LogP contribution in [0.2, 0.25) is 0 Å². The molecule has 0 unspecified atom stereocenters. The molecule has 0 saturated heterocycles. The summed E-state index contributed by atoms with van der Waals surface area (Å²) in [5, 5.41) is 5.73. The first-order chi connectivity index (χ1) is 15.0. The Morgan fingerprint density at radius 1 is 1.03 bits per heavy atom. The topological polar surface area (TPSA) is 70.7 Å². The monoisotopic (exact) mass is 439 g/mol. The van der Waals surface area contributed by atoms with Gasteiger partial charge in [0, 0.05) is 36.0 Å². The van der Waals surface area contributed by atoms with E-state index in [9.17, 15) is 9.59 Å². The van der Waals surface area contributed by atoms with Gasteiger partial charge in [-0.05, 0) is 61.5 Å². The van der Waals surface area contributed by atoms with Gasteiger partial charge < -0.3 is 15.0 Å². The third-order valence-electron chi connectivity index (χ3n) is 4.45. The molecule has 164 valence electrons. The number of amides is 2. The van der Waals surface area contributed by atoms with E-state index >= 15 is 0 Å². The molecule has 2 aromatic rings. The molecule has 0 aliphatic carbocycles. The van der Waals surface area contributed by atoms with Crippen LogP contribution in [0.15, 0.2) is 54.6 Å². The Morgan fingerprint density at radius 2 is 1.68 bits per heavy atom. The highest BCUT2D eigenvalue weighted by Crippen LogP contribution is 2.18. The standard InChI is InChI=1S/C24H29N3O3S/c1-4-16-27(17-5-2)23(29)19-10-13-20(14-11-19)25-24(31)26-22(28)15-12-18-8-6-7-9-21(18)30-3/h6-15H,4-5,16-17H2,1-3H3,(H2,25,26,28,31)/b15-12+. The molecule has 7 heteroatoms. The van der Waals surface area contributed by atoms with Crippen molar-refractivity contribution in [1.82, 2.24) is 10.2 Å². The molecule has 0 heterocycles. The highest BCUT2D eigenvalue weighted by molar-refractivity contribution is 7.80. The van der Waals surface area contributed by atoms with Crippen molar-refractivity contribution in [3.05, 3.63) is 65.7 Å². The van der Waals surface area contributed by atoms with Crippen molar-refractivity contribution in [2.24, 2.45) is 0 Å². The van der Waals surface area contributed by atoms with Crippen molar-refractivity contribution in [2.45, 2.75) is 26.7 Å². The van der Waals surface area contributed by atoms with Gasteiger partial charge in [-0.25, -0.2) is 0 Å². The van der Waals surface area contributed by atoms with Crippen LogP contribution in [0.25, 0.3) is 6.08 Å². The molecule has 2 amide bonds. The summed E-state index contributed by atoms with van der Waals surface area (Å²) in [6, 6.07) is 14.5. The number of nitrogens with one attached hydrogen (secondary N) is 2. The molecule has 2 N–H and O–H groups in total. The Morgan fingerprint density at radius 3 is 2.29 bits per heavy atom. The molecule has 0 spiro atoms.